The number of carbonyl (C=O) groups excluding carboxylic acids is 1. The highest BCUT2D eigenvalue weighted by atomic mass is 35.5. The molecule has 1 aliphatic rings. The van der Waals surface area contributed by atoms with Crippen molar-refractivity contribution in [3.05, 3.63) is 62.8 Å². The lowest BCUT2D eigenvalue weighted by molar-refractivity contribution is 0.0955. The van der Waals surface area contributed by atoms with Crippen LogP contribution in [-0.2, 0) is 12.8 Å². The fraction of sp³-hybridized carbons (Fsp3) is 0.273. The first-order valence-electron chi connectivity index (χ1n) is 9.65. The number of aromatic amines is 1. The Morgan fingerprint density at radius 3 is 2.72 bits per heavy atom. The quantitative estimate of drug-likeness (QED) is 0.414. The smallest absolute Gasteiger partial charge is 0.271 e. The van der Waals surface area contributed by atoms with Crippen molar-refractivity contribution < 1.29 is 9.53 Å². The summed E-state index contributed by atoms with van der Waals surface area (Å²) in [7, 11) is 0. The molecule has 0 saturated heterocycles. The van der Waals surface area contributed by atoms with Crippen molar-refractivity contribution in [3.63, 3.8) is 0 Å². The Bertz CT molecular complexity index is 1080. The van der Waals surface area contributed by atoms with Crippen LogP contribution < -0.4 is 10.2 Å². The van der Waals surface area contributed by atoms with Gasteiger partial charge >= 0.3 is 0 Å². The maximum atomic E-state index is 12.5. The lowest BCUT2D eigenvalue weighted by Gasteiger charge is -2.10. The van der Waals surface area contributed by atoms with Gasteiger partial charge in [0.15, 0.2) is 5.75 Å². The van der Waals surface area contributed by atoms with E-state index >= 15 is 0 Å². The van der Waals surface area contributed by atoms with Gasteiger partial charge in [-0.05, 0) is 74.1 Å². The molecule has 4 rings (SSSR count). The van der Waals surface area contributed by atoms with E-state index in [1.54, 1.807) is 18.2 Å². The molecule has 29 heavy (non-hydrogen) atoms. The number of hydrogen-bond acceptors (Lipinski definition) is 3. The van der Waals surface area contributed by atoms with Crippen molar-refractivity contribution in [2.45, 2.75) is 32.6 Å². The number of amides is 1. The van der Waals surface area contributed by atoms with Gasteiger partial charge in [-0.2, -0.15) is 5.10 Å². The van der Waals surface area contributed by atoms with E-state index < -0.39 is 0 Å². The zero-order valence-corrected chi connectivity index (χ0v) is 17.5. The Morgan fingerprint density at radius 1 is 1.21 bits per heavy atom. The average Bonchev–Trinajstić information content (AvgIpc) is 3.08. The van der Waals surface area contributed by atoms with Gasteiger partial charge in [0.25, 0.3) is 5.91 Å². The van der Waals surface area contributed by atoms with Gasteiger partial charge in [-0.25, -0.2) is 5.43 Å². The second-order valence-electron chi connectivity index (χ2n) is 7.00. The number of carbonyl (C=O) groups is 1. The number of rotatable bonds is 5. The highest BCUT2D eigenvalue weighted by Crippen LogP contribution is 2.34. The van der Waals surface area contributed by atoms with Crippen molar-refractivity contribution >= 4 is 46.2 Å². The molecule has 0 unspecified atom stereocenters. The molecule has 0 bridgehead atoms. The van der Waals surface area contributed by atoms with Crippen molar-refractivity contribution in [3.8, 4) is 5.75 Å². The standard InChI is InChI=1S/C22H21Cl2N3O2/c1-2-29-21-17(23)9-13(10-18(21)24)12-25-27-22(28)14-7-8-20-16(11-14)15-5-3-4-6-19(15)26-20/h7-12,26H,2-6H2,1H3,(H,27,28)/b25-12-. The second kappa shape index (κ2) is 8.47. The van der Waals surface area contributed by atoms with E-state index in [4.69, 9.17) is 27.9 Å². The molecule has 7 heteroatoms. The number of nitrogens with one attached hydrogen (secondary N) is 2. The third-order valence-electron chi connectivity index (χ3n) is 5.05. The van der Waals surface area contributed by atoms with Crippen LogP contribution >= 0.6 is 23.2 Å². The number of hydrazone groups is 1. The summed E-state index contributed by atoms with van der Waals surface area (Å²) < 4.78 is 5.41. The second-order valence-corrected chi connectivity index (χ2v) is 7.81. The number of ether oxygens (including phenoxy) is 1. The summed E-state index contributed by atoms with van der Waals surface area (Å²) >= 11 is 12.4. The summed E-state index contributed by atoms with van der Waals surface area (Å²) in [5.41, 5.74) is 7.52. The fourth-order valence-electron chi connectivity index (χ4n) is 3.71. The molecule has 3 aromatic rings. The zero-order valence-electron chi connectivity index (χ0n) is 16.0. The molecule has 1 amide bonds. The molecule has 2 aromatic carbocycles. The molecule has 150 valence electrons. The number of fused-ring (bicyclic) bond motifs is 3. The van der Waals surface area contributed by atoms with Crippen LogP contribution in [-0.4, -0.2) is 23.7 Å². The van der Waals surface area contributed by atoms with Gasteiger partial charge in [0.05, 0.1) is 22.9 Å². The maximum absolute atomic E-state index is 12.5. The first-order chi connectivity index (χ1) is 14.1. The van der Waals surface area contributed by atoms with Gasteiger partial charge in [0, 0.05) is 22.2 Å². The topological polar surface area (TPSA) is 66.5 Å². The number of aryl methyl sites for hydroxylation is 2. The minimum Gasteiger partial charge on any atom is -0.491 e. The Hall–Kier alpha value is -2.50. The predicted octanol–water partition coefficient (Wildman–Crippen LogP) is 5.52. The molecule has 0 fully saturated rings. The van der Waals surface area contributed by atoms with E-state index in [0.29, 0.717) is 33.5 Å². The van der Waals surface area contributed by atoms with E-state index in [0.717, 1.165) is 23.7 Å². The molecule has 1 heterocycles. The van der Waals surface area contributed by atoms with Crippen molar-refractivity contribution in [1.82, 2.24) is 10.4 Å². The fourth-order valence-corrected chi connectivity index (χ4v) is 4.33. The summed E-state index contributed by atoms with van der Waals surface area (Å²) in [6.45, 7) is 2.33. The molecule has 2 N–H and O–H groups in total. The molecule has 5 nitrogen and oxygen atoms in total. The number of H-pyrrole nitrogens is 1. The van der Waals surface area contributed by atoms with E-state index in [-0.39, 0.29) is 5.91 Å². The maximum Gasteiger partial charge on any atom is 0.271 e. The number of benzene rings is 2. The van der Waals surface area contributed by atoms with Crippen molar-refractivity contribution in [2.75, 3.05) is 6.61 Å². The monoisotopic (exact) mass is 429 g/mol. The van der Waals surface area contributed by atoms with Gasteiger partial charge in [-0.3, -0.25) is 4.79 Å². The molecule has 0 saturated carbocycles. The average molecular weight is 430 g/mol. The molecule has 0 aliphatic heterocycles. The van der Waals surface area contributed by atoms with Crippen LogP contribution in [0.1, 0.15) is 46.9 Å². The highest BCUT2D eigenvalue weighted by Gasteiger charge is 2.16. The number of hydrogen-bond donors (Lipinski definition) is 2. The Balaban J connectivity index is 1.50. The Labute approximate surface area is 179 Å². The minimum absolute atomic E-state index is 0.267. The minimum atomic E-state index is -0.267. The van der Waals surface area contributed by atoms with Gasteiger partial charge in [-0.15, -0.1) is 0 Å². The van der Waals surface area contributed by atoms with Crippen LogP contribution in [0, 0.1) is 0 Å². The number of aromatic nitrogens is 1. The van der Waals surface area contributed by atoms with Crippen molar-refractivity contribution in [1.29, 1.82) is 0 Å². The van der Waals surface area contributed by atoms with Crippen LogP contribution in [0.15, 0.2) is 35.4 Å². The predicted molar refractivity (Wildman–Crippen MR) is 118 cm³/mol. The normalized spacial score (nSPS) is 13.6. The zero-order chi connectivity index (χ0) is 20.4. The molecular weight excluding hydrogens is 409 g/mol. The summed E-state index contributed by atoms with van der Waals surface area (Å²) in [6, 6.07) is 9.07. The summed E-state index contributed by atoms with van der Waals surface area (Å²) in [5, 5.41) is 5.96. The van der Waals surface area contributed by atoms with Crippen molar-refractivity contribution in [2.24, 2.45) is 5.10 Å². The molecule has 0 spiro atoms. The molecule has 1 aliphatic carbocycles. The lowest BCUT2D eigenvalue weighted by Crippen LogP contribution is -2.17. The van der Waals surface area contributed by atoms with Gasteiger partial charge in [0.2, 0.25) is 0 Å². The SMILES string of the molecule is CCOc1c(Cl)cc(/C=N\NC(=O)c2ccc3[nH]c4c(c3c2)CCCC4)cc1Cl. The molecule has 1 aromatic heterocycles. The van der Waals surface area contributed by atoms with E-state index in [2.05, 4.69) is 15.5 Å². The van der Waals surface area contributed by atoms with Crippen LogP contribution in [0.2, 0.25) is 10.0 Å². The largest absolute Gasteiger partial charge is 0.491 e. The van der Waals surface area contributed by atoms with Crippen LogP contribution in [0.3, 0.4) is 0 Å². The van der Waals surface area contributed by atoms with E-state index in [1.807, 2.05) is 19.1 Å². The van der Waals surface area contributed by atoms with Crippen LogP contribution in [0.5, 0.6) is 5.75 Å². The van der Waals surface area contributed by atoms with Gasteiger partial charge < -0.3 is 9.72 Å². The first-order valence-corrected chi connectivity index (χ1v) is 10.4. The van der Waals surface area contributed by atoms with E-state index in [9.17, 15) is 4.79 Å². The van der Waals surface area contributed by atoms with Crippen LogP contribution in [0.4, 0.5) is 0 Å². The summed E-state index contributed by atoms with van der Waals surface area (Å²) in [6.07, 6.45) is 6.03. The Morgan fingerprint density at radius 2 is 1.97 bits per heavy atom. The lowest BCUT2D eigenvalue weighted by atomic mass is 9.95. The summed E-state index contributed by atoms with van der Waals surface area (Å²) in [4.78, 5) is 16.0. The third-order valence-corrected chi connectivity index (χ3v) is 5.61. The van der Waals surface area contributed by atoms with Gasteiger partial charge in [-0.1, -0.05) is 23.2 Å². The highest BCUT2D eigenvalue weighted by molar-refractivity contribution is 6.37. The Kier molecular flexibility index (Phi) is 5.79. The first kappa shape index (κ1) is 19.8. The van der Waals surface area contributed by atoms with E-state index in [1.165, 1.54) is 30.3 Å². The third kappa shape index (κ3) is 4.11. The molecular formula is C22H21Cl2N3O2. The van der Waals surface area contributed by atoms with Gasteiger partial charge in [0.1, 0.15) is 0 Å². The number of nitrogens with zero attached hydrogens (tertiary/aromatic N) is 1. The molecule has 0 radical (unpaired) electrons. The summed E-state index contributed by atoms with van der Waals surface area (Å²) in [5.74, 6) is 0.178. The van der Waals surface area contributed by atoms with Crippen LogP contribution in [0.25, 0.3) is 10.9 Å². The number of halogens is 2. The molecule has 0 atom stereocenters.